The Balaban J connectivity index is 0.00000180. The molecule has 1 amide bonds. The fourth-order valence-corrected chi connectivity index (χ4v) is 3.15. The molecular formula is C13H26ClN3OS. The molecule has 0 aromatic heterocycles. The van der Waals surface area contributed by atoms with Crippen LogP contribution in [0.3, 0.4) is 0 Å². The summed E-state index contributed by atoms with van der Waals surface area (Å²) in [6.45, 7) is 3.79. The molecule has 1 heterocycles. The third-order valence-electron chi connectivity index (χ3n) is 4.17. The number of hydrogen-bond donors (Lipinski definition) is 1. The minimum atomic E-state index is -0.298. The van der Waals surface area contributed by atoms with Crippen LogP contribution in [0.5, 0.6) is 0 Å². The van der Waals surface area contributed by atoms with Crippen LogP contribution >= 0.6 is 24.2 Å². The minimum Gasteiger partial charge on any atom is -0.339 e. The molecule has 1 atom stereocenters. The first-order chi connectivity index (χ1) is 8.72. The van der Waals surface area contributed by atoms with E-state index in [1.54, 1.807) is 11.8 Å². The summed E-state index contributed by atoms with van der Waals surface area (Å²) < 4.78 is 0. The number of carbonyl (C=O) groups is 1. The Morgan fingerprint density at radius 1 is 1.32 bits per heavy atom. The molecule has 112 valence electrons. The van der Waals surface area contributed by atoms with Crippen LogP contribution in [-0.2, 0) is 4.79 Å². The van der Waals surface area contributed by atoms with E-state index in [4.69, 9.17) is 5.73 Å². The van der Waals surface area contributed by atoms with Gasteiger partial charge in [-0.3, -0.25) is 9.69 Å². The van der Waals surface area contributed by atoms with Crippen molar-refractivity contribution in [1.82, 2.24) is 9.80 Å². The zero-order valence-electron chi connectivity index (χ0n) is 11.7. The average molecular weight is 308 g/mol. The highest BCUT2D eigenvalue weighted by molar-refractivity contribution is 7.98. The summed E-state index contributed by atoms with van der Waals surface area (Å²) in [4.78, 5) is 16.6. The molecule has 19 heavy (non-hydrogen) atoms. The second-order valence-electron chi connectivity index (χ2n) is 5.33. The van der Waals surface area contributed by atoms with Gasteiger partial charge in [0.05, 0.1) is 6.04 Å². The van der Waals surface area contributed by atoms with Gasteiger partial charge < -0.3 is 10.6 Å². The second kappa shape index (κ2) is 8.35. The van der Waals surface area contributed by atoms with E-state index in [1.165, 1.54) is 19.3 Å². The van der Waals surface area contributed by atoms with E-state index >= 15 is 0 Å². The zero-order valence-corrected chi connectivity index (χ0v) is 13.3. The topological polar surface area (TPSA) is 49.6 Å². The van der Waals surface area contributed by atoms with E-state index in [0.717, 1.165) is 44.4 Å². The van der Waals surface area contributed by atoms with E-state index in [-0.39, 0.29) is 24.4 Å². The number of nitrogens with zero attached hydrogens (tertiary/aromatic N) is 2. The first-order valence-electron chi connectivity index (χ1n) is 6.99. The number of piperazine rings is 1. The Labute approximate surface area is 126 Å². The summed E-state index contributed by atoms with van der Waals surface area (Å²) in [5.74, 6) is 1.12. The predicted octanol–water partition coefficient (Wildman–Crippen LogP) is 1.19. The van der Waals surface area contributed by atoms with Crippen LogP contribution in [0.4, 0.5) is 0 Å². The quantitative estimate of drug-likeness (QED) is 0.829. The monoisotopic (exact) mass is 307 g/mol. The highest BCUT2D eigenvalue weighted by Crippen LogP contribution is 2.25. The lowest BCUT2D eigenvalue weighted by Crippen LogP contribution is -2.56. The first kappa shape index (κ1) is 17.1. The van der Waals surface area contributed by atoms with E-state index in [1.807, 2.05) is 4.90 Å². The average Bonchev–Trinajstić information content (AvgIpc) is 2.34. The Kier molecular flexibility index (Phi) is 7.50. The lowest BCUT2D eigenvalue weighted by molar-refractivity contribution is -0.135. The Morgan fingerprint density at radius 3 is 2.42 bits per heavy atom. The van der Waals surface area contributed by atoms with Crippen molar-refractivity contribution in [2.24, 2.45) is 5.73 Å². The molecule has 1 saturated heterocycles. The highest BCUT2D eigenvalue weighted by Gasteiger charge is 2.30. The van der Waals surface area contributed by atoms with Gasteiger partial charge in [0.1, 0.15) is 0 Å². The summed E-state index contributed by atoms with van der Waals surface area (Å²) in [6, 6.07) is 0.500. The number of hydrogen-bond acceptors (Lipinski definition) is 4. The lowest BCUT2D eigenvalue weighted by atomic mass is 9.91. The molecule has 0 unspecified atom stereocenters. The van der Waals surface area contributed by atoms with Crippen molar-refractivity contribution in [2.45, 2.75) is 37.8 Å². The molecule has 2 rings (SSSR count). The fraction of sp³-hybridized carbons (Fsp3) is 0.923. The summed E-state index contributed by atoms with van der Waals surface area (Å²) in [5.41, 5.74) is 5.95. The first-order valence-corrected chi connectivity index (χ1v) is 8.39. The van der Waals surface area contributed by atoms with Gasteiger partial charge in [0.2, 0.25) is 5.91 Å². The maximum atomic E-state index is 12.1. The van der Waals surface area contributed by atoms with Crippen molar-refractivity contribution in [3.8, 4) is 0 Å². The van der Waals surface area contributed by atoms with Gasteiger partial charge in [-0.1, -0.05) is 6.42 Å². The van der Waals surface area contributed by atoms with Crippen LogP contribution < -0.4 is 5.73 Å². The molecular weight excluding hydrogens is 282 g/mol. The van der Waals surface area contributed by atoms with Crippen molar-refractivity contribution in [2.75, 3.05) is 38.2 Å². The van der Waals surface area contributed by atoms with E-state index in [9.17, 15) is 4.79 Å². The molecule has 2 fully saturated rings. The van der Waals surface area contributed by atoms with Crippen LogP contribution in [0.1, 0.15) is 25.7 Å². The van der Waals surface area contributed by atoms with Gasteiger partial charge in [-0.2, -0.15) is 11.8 Å². The second-order valence-corrected chi connectivity index (χ2v) is 6.32. The maximum Gasteiger partial charge on any atom is 0.239 e. The van der Waals surface area contributed by atoms with Crippen molar-refractivity contribution >= 4 is 30.1 Å². The summed E-state index contributed by atoms with van der Waals surface area (Å²) in [5, 5.41) is 0. The van der Waals surface area contributed by atoms with Crippen molar-refractivity contribution in [3.05, 3.63) is 0 Å². The summed E-state index contributed by atoms with van der Waals surface area (Å²) in [7, 11) is 0. The number of rotatable bonds is 5. The largest absolute Gasteiger partial charge is 0.339 e. The number of halogens is 1. The SMILES string of the molecule is CSCC[C@H](N)C(=O)N1CCN(C2CCC2)CC1.Cl. The Bertz CT molecular complexity index is 281. The van der Waals surface area contributed by atoms with Gasteiger partial charge in [-0.25, -0.2) is 0 Å². The number of carbonyl (C=O) groups excluding carboxylic acids is 1. The van der Waals surface area contributed by atoms with Gasteiger partial charge in [0.25, 0.3) is 0 Å². The molecule has 0 bridgehead atoms. The molecule has 1 saturated carbocycles. The van der Waals surface area contributed by atoms with Crippen LogP contribution in [0.2, 0.25) is 0 Å². The summed E-state index contributed by atoms with van der Waals surface area (Å²) >= 11 is 1.75. The van der Waals surface area contributed by atoms with Crippen LogP contribution in [-0.4, -0.2) is 66.0 Å². The number of nitrogens with two attached hydrogens (primary N) is 1. The van der Waals surface area contributed by atoms with Gasteiger partial charge in [0, 0.05) is 32.2 Å². The molecule has 2 N–H and O–H groups in total. The molecule has 0 spiro atoms. The number of thioether (sulfide) groups is 1. The van der Waals surface area contributed by atoms with Gasteiger partial charge in [-0.15, -0.1) is 12.4 Å². The molecule has 4 nitrogen and oxygen atoms in total. The summed E-state index contributed by atoms with van der Waals surface area (Å²) in [6.07, 6.45) is 6.92. The normalized spacial score (nSPS) is 22.5. The molecule has 0 aromatic rings. The Hall–Kier alpha value is 0.0300. The van der Waals surface area contributed by atoms with Gasteiger partial charge in [0.15, 0.2) is 0 Å². The molecule has 6 heteroatoms. The lowest BCUT2D eigenvalue weighted by Gasteiger charge is -2.43. The van der Waals surface area contributed by atoms with Crippen LogP contribution in [0.15, 0.2) is 0 Å². The van der Waals surface area contributed by atoms with Gasteiger partial charge in [-0.05, 0) is 31.3 Å². The van der Waals surface area contributed by atoms with Crippen molar-refractivity contribution < 1.29 is 4.79 Å². The molecule has 1 aliphatic heterocycles. The molecule has 0 radical (unpaired) electrons. The third-order valence-corrected chi connectivity index (χ3v) is 4.81. The smallest absolute Gasteiger partial charge is 0.239 e. The fourth-order valence-electron chi connectivity index (χ4n) is 2.66. The molecule has 2 aliphatic rings. The van der Waals surface area contributed by atoms with E-state index < -0.39 is 0 Å². The molecule has 1 aliphatic carbocycles. The maximum absolute atomic E-state index is 12.1. The van der Waals surface area contributed by atoms with E-state index in [0.29, 0.717) is 0 Å². The van der Waals surface area contributed by atoms with Gasteiger partial charge >= 0.3 is 0 Å². The zero-order chi connectivity index (χ0) is 13.0. The van der Waals surface area contributed by atoms with Crippen LogP contribution in [0, 0.1) is 0 Å². The predicted molar refractivity (Wildman–Crippen MR) is 84.0 cm³/mol. The number of amides is 1. The Morgan fingerprint density at radius 2 is 1.95 bits per heavy atom. The highest BCUT2D eigenvalue weighted by atomic mass is 35.5. The van der Waals surface area contributed by atoms with Crippen molar-refractivity contribution in [1.29, 1.82) is 0 Å². The van der Waals surface area contributed by atoms with E-state index in [2.05, 4.69) is 11.2 Å². The van der Waals surface area contributed by atoms with Crippen molar-refractivity contribution in [3.63, 3.8) is 0 Å². The standard InChI is InChI=1S/C13H25N3OS.ClH/c1-18-10-5-12(14)13(17)16-8-6-15(7-9-16)11-3-2-4-11;/h11-12H,2-10,14H2,1H3;1H/t12-;/m0./s1. The third kappa shape index (κ3) is 4.52. The van der Waals surface area contributed by atoms with Crippen LogP contribution in [0.25, 0.3) is 0 Å². The minimum absolute atomic E-state index is 0. The molecule has 0 aromatic carbocycles.